The predicted octanol–water partition coefficient (Wildman–Crippen LogP) is 17.7. The van der Waals surface area contributed by atoms with E-state index in [2.05, 4.69) is 253 Å². The Morgan fingerprint density at radius 2 is 0.585 bits per heavy atom. The number of nitrogens with zero attached hydrogens (tertiary/aromatic N) is 1. The van der Waals surface area contributed by atoms with Gasteiger partial charge in [0.15, 0.2) is 0 Å². The number of fused-ring (bicyclic) bond motifs is 7. The minimum absolute atomic E-state index is 1.16. The molecule has 1 heteroatoms. The van der Waals surface area contributed by atoms with Gasteiger partial charge in [-0.2, -0.15) is 0 Å². The van der Waals surface area contributed by atoms with Gasteiger partial charge in [0.05, 0.1) is 11.0 Å². The number of rotatable bonds is 6. The third-order valence-electron chi connectivity index (χ3n) is 13.6. The Morgan fingerprint density at radius 3 is 1.18 bits per heavy atom. The van der Waals surface area contributed by atoms with Crippen molar-refractivity contribution in [1.82, 2.24) is 4.57 Å². The third-order valence-corrected chi connectivity index (χ3v) is 13.6. The predicted molar refractivity (Wildman–Crippen MR) is 278 cm³/mol. The summed E-state index contributed by atoms with van der Waals surface area (Å²) < 4.78 is 2.39. The molecule has 0 N–H and O–H groups in total. The molecule has 0 aliphatic rings. The molecule has 0 saturated carbocycles. The van der Waals surface area contributed by atoms with E-state index < -0.39 is 0 Å². The molecule has 0 fully saturated rings. The van der Waals surface area contributed by atoms with E-state index in [0.29, 0.717) is 0 Å². The molecule has 0 atom stereocenters. The highest BCUT2D eigenvalue weighted by atomic mass is 15.0. The summed E-state index contributed by atoms with van der Waals surface area (Å²) in [6.45, 7) is 0. The highest BCUT2D eigenvalue weighted by Crippen LogP contribution is 2.46. The lowest BCUT2D eigenvalue weighted by atomic mass is 9.84. The Hall–Kier alpha value is -8.52. The van der Waals surface area contributed by atoms with Crippen LogP contribution < -0.4 is 0 Å². The fourth-order valence-corrected chi connectivity index (χ4v) is 10.4. The van der Waals surface area contributed by atoms with Crippen LogP contribution in [0.15, 0.2) is 249 Å². The van der Waals surface area contributed by atoms with Gasteiger partial charge in [0, 0.05) is 16.5 Å². The summed E-state index contributed by atoms with van der Waals surface area (Å²) in [6.07, 6.45) is 0. The van der Waals surface area contributed by atoms with Crippen LogP contribution in [0, 0.1) is 0 Å². The summed E-state index contributed by atoms with van der Waals surface area (Å²) in [7, 11) is 0. The maximum Gasteiger partial charge on any atom is 0.0541 e. The molecule has 0 amide bonds. The van der Waals surface area contributed by atoms with Gasteiger partial charge in [-0.25, -0.2) is 0 Å². The van der Waals surface area contributed by atoms with Crippen LogP contribution in [0.2, 0.25) is 0 Å². The smallest absolute Gasteiger partial charge is 0.0541 e. The van der Waals surface area contributed by atoms with Gasteiger partial charge in [-0.05, 0) is 147 Å². The Kier molecular flexibility index (Phi) is 8.60. The van der Waals surface area contributed by atoms with Crippen molar-refractivity contribution in [1.29, 1.82) is 0 Å². The minimum Gasteiger partial charge on any atom is -0.309 e. The van der Waals surface area contributed by atoms with Crippen LogP contribution in [0.1, 0.15) is 0 Å². The summed E-state index contributed by atoms with van der Waals surface area (Å²) >= 11 is 0. The zero-order chi connectivity index (χ0) is 42.8. The lowest BCUT2D eigenvalue weighted by Crippen LogP contribution is -1.93. The van der Waals surface area contributed by atoms with Gasteiger partial charge in [0.1, 0.15) is 0 Å². The maximum absolute atomic E-state index is 2.44. The molecule has 0 aliphatic heterocycles. The van der Waals surface area contributed by atoms with Crippen molar-refractivity contribution in [3.05, 3.63) is 249 Å². The molecular formula is C64H41N. The monoisotopic (exact) mass is 823 g/mol. The molecule has 0 unspecified atom stereocenters. The van der Waals surface area contributed by atoms with Gasteiger partial charge in [0.2, 0.25) is 0 Å². The lowest BCUT2D eigenvalue weighted by molar-refractivity contribution is 1.18. The molecule has 0 bridgehead atoms. The van der Waals surface area contributed by atoms with Crippen molar-refractivity contribution in [2.75, 3.05) is 0 Å². The molecule has 0 radical (unpaired) electrons. The van der Waals surface area contributed by atoms with Crippen LogP contribution in [0.5, 0.6) is 0 Å². The van der Waals surface area contributed by atoms with Gasteiger partial charge < -0.3 is 4.57 Å². The Morgan fingerprint density at radius 1 is 0.200 bits per heavy atom. The molecule has 0 spiro atoms. The Bertz CT molecular complexity index is 3970. The minimum atomic E-state index is 1.16. The average molecular weight is 824 g/mol. The topological polar surface area (TPSA) is 4.93 Å². The molecule has 1 aromatic heterocycles. The van der Waals surface area contributed by atoms with Crippen molar-refractivity contribution in [2.45, 2.75) is 0 Å². The second kappa shape index (κ2) is 15.1. The van der Waals surface area contributed by atoms with Crippen molar-refractivity contribution in [2.24, 2.45) is 0 Å². The number of benzene rings is 12. The second-order valence-corrected chi connectivity index (χ2v) is 17.3. The van der Waals surface area contributed by atoms with Gasteiger partial charge in [0.25, 0.3) is 0 Å². The van der Waals surface area contributed by atoms with E-state index in [1.807, 2.05) is 0 Å². The van der Waals surface area contributed by atoms with Gasteiger partial charge in [-0.15, -0.1) is 0 Å². The highest BCUT2D eigenvalue weighted by Gasteiger charge is 2.19. The van der Waals surface area contributed by atoms with Crippen molar-refractivity contribution >= 4 is 64.9 Å². The van der Waals surface area contributed by atoms with E-state index in [4.69, 9.17) is 0 Å². The third kappa shape index (κ3) is 6.24. The average Bonchev–Trinajstić information content (AvgIpc) is 3.71. The summed E-state index contributed by atoms with van der Waals surface area (Å²) in [5.41, 5.74) is 15.7. The SMILES string of the molecule is c1ccc(-n2c3ccccc3c3cc(-c4ccc5c(-c6ccc(-c7ccc8ccccc8c7)cc6)c6ccccc6c(-c6ccc(-c7ccc8ccccc8c7)cc6)c5c4)ccc32)cc1. The van der Waals surface area contributed by atoms with Crippen molar-refractivity contribution in [3.8, 4) is 61.3 Å². The van der Waals surface area contributed by atoms with Crippen LogP contribution in [0.25, 0.3) is 126 Å². The number of hydrogen-bond acceptors (Lipinski definition) is 0. The van der Waals surface area contributed by atoms with Crippen LogP contribution in [-0.4, -0.2) is 4.57 Å². The van der Waals surface area contributed by atoms with Gasteiger partial charge in [-0.3, -0.25) is 0 Å². The summed E-state index contributed by atoms with van der Waals surface area (Å²) in [4.78, 5) is 0. The molecule has 65 heavy (non-hydrogen) atoms. The molecule has 13 aromatic rings. The summed E-state index contributed by atoms with van der Waals surface area (Å²) in [5, 5.41) is 12.5. The van der Waals surface area contributed by atoms with Gasteiger partial charge >= 0.3 is 0 Å². The zero-order valence-electron chi connectivity index (χ0n) is 35.6. The number of hydrogen-bond donors (Lipinski definition) is 0. The van der Waals surface area contributed by atoms with E-state index in [-0.39, 0.29) is 0 Å². The standard InChI is InChI=1S/C64H41N/c1-2-16-54(17-3-1)65-61-21-11-10-18-55(61)59-40-53(35-37-62(59)65)52-34-36-58-60(41-52)64(47-30-24-45(25-31-47)51-33-27-43-13-5-7-15-49(43)39-51)57-20-9-8-19-56(57)63(58)46-28-22-44(23-29-46)50-32-26-42-12-4-6-14-48(42)38-50/h1-41H. The molecule has 13 rings (SSSR count). The quantitative estimate of drug-likeness (QED) is 0.147. The second-order valence-electron chi connectivity index (χ2n) is 17.3. The van der Waals surface area contributed by atoms with Crippen LogP contribution >= 0.6 is 0 Å². The fraction of sp³-hybridized carbons (Fsp3) is 0. The molecule has 1 nitrogen and oxygen atoms in total. The normalized spacial score (nSPS) is 11.7. The molecule has 302 valence electrons. The number of para-hydroxylation sites is 2. The Labute approximate surface area is 377 Å². The molecule has 0 aliphatic carbocycles. The summed E-state index contributed by atoms with van der Waals surface area (Å²) in [5.74, 6) is 0. The van der Waals surface area contributed by atoms with E-state index in [1.165, 1.54) is 121 Å². The van der Waals surface area contributed by atoms with Crippen molar-refractivity contribution in [3.63, 3.8) is 0 Å². The Balaban J connectivity index is 1.01. The first-order valence-electron chi connectivity index (χ1n) is 22.5. The van der Waals surface area contributed by atoms with E-state index in [9.17, 15) is 0 Å². The van der Waals surface area contributed by atoms with E-state index in [1.54, 1.807) is 0 Å². The maximum atomic E-state index is 2.44. The first-order valence-corrected chi connectivity index (χ1v) is 22.5. The van der Waals surface area contributed by atoms with Crippen molar-refractivity contribution < 1.29 is 0 Å². The largest absolute Gasteiger partial charge is 0.309 e. The molecule has 0 saturated heterocycles. The van der Waals surface area contributed by atoms with Crippen LogP contribution in [0.3, 0.4) is 0 Å². The van der Waals surface area contributed by atoms with Gasteiger partial charge in [-0.1, -0.05) is 200 Å². The van der Waals surface area contributed by atoms with E-state index >= 15 is 0 Å². The van der Waals surface area contributed by atoms with Crippen LogP contribution in [0.4, 0.5) is 0 Å². The lowest BCUT2D eigenvalue weighted by Gasteiger charge is -2.19. The summed E-state index contributed by atoms with van der Waals surface area (Å²) in [6, 6.07) is 91.7. The first kappa shape index (κ1) is 37.1. The first-order chi connectivity index (χ1) is 32.2. The zero-order valence-corrected chi connectivity index (χ0v) is 35.6. The van der Waals surface area contributed by atoms with E-state index in [0.717, 1.165) is 5.69 Å². The van der Waals surface area contributed by atoms with Crippen LogP contribution in [-0.2, 0) is 0 Å². The molecule has 1 heterocycles. The molecular weight excluding hydrogens is 783 g/mol. The fourth-order valence-electron chi connectivity index (χ4n) is 10.4. The highest BCUT2D eigenvalue weighted by molar-refractivity contribution is 6.22. The molecule has 12 aromatic carbocycles. The number of aromatic nitrogens is 1.